The Morgan fingerprint density at radius 1 is 1.22 bits per heavy atom. The van der Waals surface area contributed by atoms with E-state index in [9.17, 15) is 9.59 Å². The van der Waals surface area contributed by atoms with E-state index >= 15 is 0 Å². The van der Waals surface area contributed by atoms with Crippen LogP contribution in [0.5, 0.6) is 0 Å². The number of carbonyl (C=O) groups excluding carboxylic acids is 2. The summed E-state index contributed by atoms with van der Waals surface area (Å²) in [5, 5.41) is 2.67. The molecule has 0 unspecified atom stereocenters. The molecule has 2 aromatic rings. The van der Waals surface area contributed by atoms with E-state index in [1.807, 2.05) is 30.5 Å². The Morgan fingerprint density at radius 3 is 2.57 bits per heavy atom. The average Bonchev–Trinajstić information content (AvgIpc) is 3.10. The smallest absolute Gasteiger partial charge is 0.286 e. The highest BCUT2D eigenvalue weighted by atomic mass is 32.2. The van der Waals surface area contributed by atoms with Crippen LogP contribution in [0.25, 0.3) is 0 Å². The molecule has 1 aromatic heterocycles. The summed E-state index contributed by atoms with van der Waals surface area (Å²) in [6.07, 6.45) is 3.73. The van der Waals surface area contributed by atoms with Crippen molar-refractivity contribution >= 4 is 23.6 Å². The Labute approximate surface area is 140 Å². The summed E-state index contributed by atoms with van der Waals surface area (Å²) in [6.45, 7) is 0.841. The van der Waals surface area contributed by atoms with Gasteiger partial charge in [0.2, 0.25) is 5.91 Å². The molecule has 0 aliphatic rings. The highest BCUT2D eigenvalue weighted by Gasteiger charge is 2.12. The van der Waals surface area contributed by atoms with Crippen molar-refractivity contribution in [1.29, 1.82) is 0 Å². The van der Waals surface area contributed by atoms with Crippen LogP contribution in [0.4, 0.5) is 0 Å². The third-order valence-corrected chi connectivity index (χ3v) is 4.12. The molecule has 6 heteroatoms. The lowest BCUT2D eigenvalue weighted by atomic mass is 10.2. The Kier molecular flexibility index (Phi) is 6.29. The summed E-state index contributed by atoms with van der Waals surface area (Å²) < 4.78 is 4.99. The molecule has 23 heavy (non-hydrogen) atoms. The van der Waals surface area contributed by atoms with Gasteiger partial charge in [-0.25, -0.2) is 0 Å². The van der Waals surface area contributed by atoms with E-state index in [4.69, 9.17) is 4.42 Å². The van der Waals surface area contributed by atoms with Crippen molar-refractivity contribution in [2.75, 3.05) is 19.8 Å². The Morgan fingerprint density at radius 2 is 1.96 bits per heavy atom. The van der Waals surface area contributed by atoms with E-state index in [0.717, 1.165) is 5.56 Å². The van der Waals surface area contributed by atoms with Crippen molar-refractivity contribution in [3.63, 3.8) is 0 Å². The summed E-state index contributed by atoms with van der Waals surface area (Å²) >= 11 is 1.69. The second-order valence-electron chi connectivity index (χ2n) is 5.08. The summed E-state index contributed by atoms with van der Waals surface area (Å²) in [5.41, 5.74) is 1.08. The number of rotatable bonds is 7. The fourth-order valence-corrected chi connectivity index (χ4v) is 2.47. The van der Waals surface area contributed by atoms with Gasteiger partial charge in [-0.15, -0.1) is 11.8 Å². The summed E-state index contributed by atoms with van der Waals surface area (Å²) in [5.74, 6) is -0.0727. The van der Waals surface area contributed by atoms with Gasteiger partial charge >= 0.3 is 0 Å². The van der Waals surface area contributed by atoms with Gasteiger partial charge in [-0.2, -0.15) is 0 Å². The number of benzene rings is 1. The fraction of sp³-hybridized carbons (Fsp3) is 0.294. The average molecular weight is 332 g/mol. The van der Waals surface area contributed by atoms with Crippen LogP contribution in [0.1, 0.15) is 22.5 Å². The number of thioether (sulfide) groups is 1. The van der Waals surface area contributed by atoms with Crippen LogP contribution < -0.4 is 5.32 Å². The lowest BCUT2D eigenvalue weighted by molar-refractivity contribution is -0.130. The highest BCUT2D eigenvalue weighted by molar-refractivity contribution is 7.98. The quantitative estimate of drug-likeness (QED) is 0.792. The van der Waals surface area contributed by atoms with Gasteiger partial charge in [0, 0.05) is 31.5 Å². The van der Waals surface area contributed by atoms with Gasteiger partial charge in [0.15, 0.2) is 5.76 Å². The first-order valence-corrected chi connectivity index (χ1v) is 8.51. The molecule has 0 saturated heterocycles. The number of furan rings is 1. The van der Waals surface area contributed by atoms with Gasteiger partial charge in [-0.3, -0.25) is 9.59 Å². The number of nitrogens with zero attached hydrogens (tertiary/aromatic N) is 1. The van der Waals surface area contributed by atoms with Crippen LogP contribution in [0.3, 0.4) is 0 Å². The van der Waals surface area contributed by atoms with Crippen LogP contribution in [0.15, 0.2) is 52.0 Å². The molecule has 0 aliphatic heterocycles. The van der Waals surface area contributed by atoms with E-state index in [-0.39, 0.29) is 30.5 Å². The molecule has 1 heterocycles. The van der Waals surface area contributed by atoms with Gasteiger partial charge in [0.1, 0.15) is 0 Å². The first kappa shape index (κ1) is 17.1. The van der Waals surface area contributed by atoms with Crippen LogP contribution in [-0.2, 0) is 11.3 Å². The monoisotopic (exact) mass is 332 g/mol. The molecule has 122 valence electrons. The third kappa shape index (κ3) is 5.17. The van der Waals surface area contributed by atoms with Crippen molar-refractivity contribution < 1.29 is 14.0 Å². The van der Waals surface area contributed by atoms with Crippen LogP contribution >= 0.6 is 11.8 Å². The van der Waals surface area contributed by atoms with E-state index in [1.165, 1.54) is 11.2 Å². The normalized spacial score (nSPS) is 10.3. The van der Waals surface area contributed by atoms with Crippen LogP contribution in [0.2, 0.25) is 0 Å². The minimum absolute atomic E-state index is 0.0151. The molecular weight excluding hydrogens is 312 g/mol. The van der Waals surface area contributed by atoms with Crippen molar-refractivity contribution in [2.45, 2.75) is 17.9 Å². The Balaban J connectivity index is 1.75. The lowest BCUT2D eigenvalue weighted by Gasteiger charge is -2.17. The molecule has 0 aliphatic carbocycles. The zero-order chi connectivity index (χ0) is 16.7. The molecule has 0 spiro atoms. The molecule has 5 nitrogen and oxygen atoms in total. The highest BCUT2D eigenvalue weighted by Crippen LogP contribution is 2.15. The number of amides is 2. The maximum absolute atomic E-state index is 12.1. The Bertz CT molecular complexity index is 638. The summed E-state index contributed by atoms with van der Waals surface area (Å²) in [6, 6.07) is 11.4. The molecule has 1 aromatic carbocycles. The van der Waals surface area contributed by atoms with Crippen LogP contribution in [0, 0.1) is 0 Å². The summed E-state index contributed by atoms with van der Waals surface area (Å²) in [4.78, 5) is 26.6. The summed E-state index contributed by atoms with van der Waals surface area (Å²) in [7, 11) is 1.76. The van der Waals surface area contributed by atoms with Crippen molar-refractivity contribution in [3.8, 4) is 0 Å². The first-order chi connectivity index (χ1) is 11.1. The zero-order valence-corrected chi connectivity index (χ0v) is 14.1. The standard InChI is InChI=1S/C17H20N2O3S/c1-19(12-13-5-7-14(23-2)8-6-13)16(20)9-10-18-17(21)15-4-3-11-22-15/h3-8,11H,9-10,12H2,1-2H3,(H,18,21). The van der Waals surface area contributed by atoms with E-state index < -0.39 is 0 Å². The topological polar surface area (TPSA) is 62.6 Å². The fourth-order valence-electron chi connectivity index (χ4n) is 2.06. The van der Waals surface area contributed by atoms with Gasteiger partial charge in [0.05, 0.1) is 6.26 Å². The van der Waals surface area contributed by atoms with Gasteiger partial charge in [0.25, 0.3) is 5.91 Å². The molecule has 0 bridgehead atoms. The van der Waals surface area contributed by atoms with E-state index in [1.54, 1.807) is 35.8 Å². The van der Waals surface area contributed by atoms with Crippen molar-refractivity contribution in [3.05, 3.63) is 54.0 Å². The second kappa shape index (κ2) is 8.43. The van der Waals surface area contributed by atoms with E-state index in [0.29, 0.717) is 6.54 Å². The predicted octanol–water partition coefficient (Wildman–Crippen LogP) is 2.78. The van der Waals surface area contributed by atoms with Gasteiger partial charge in [-0.05, 0) is 36.1 Å². The minimum Gasteiger partial charge on any atom is -0.459 e. The molecule has 1 N–H and O–H groups in total. The Hall–Kier alpha value is -2.21. The number of carbonyl (C=O) groups is 2. The van der Waals surface area contributed by atoms with Gasteiger partial charge < -0.3 is 14.6 Å². The van der Waals surface area contributed by atoms with Gasteiger partial charge in [-0.1, -0.05) is 12.1 Å². The zero-order valence-electron chi connectivity index (χ0n) is 13.2. The number of hydrogen-bond donors (Lipinski definition) is 1. The van der Waals surface area contributed by atoms with Crippen molar-refractivity contribution in [1.82, 2.24) is 10.2 Å². The second-order valence-corrected chi connectivity index (χ2v) is 5.96. The predicted molar refractivity (Wildman–Crippen MR) is 90.4 cm³/mol. The maximum atomic E-state index is 12.1. The van der Waals surface area contributed by atoms with Crippen molar-refractivity contribution in [2.24, 2.45) is 0 Å². The SMILES string of the molecule is CSc1ccc(CN(C)C(=O)CCNC(=O)c2ccco2)cc1. The molecular formula is C17H20N2O3S. The number of hydrogen-bond acceptors (Lipinski definition) is 4. The number of nitrogens with one attached hydrogen (secondary N) is 1. The third-order valence-electron chi connectivity index (χ3n) is 3.37. The molecule has 0 fully saturated rings. The molecule has 0 saturated carbocycles. The largest absolute Gasteiger partial charge is 0.459 e. The molecule has 0 radical (unpaired) electrons. The first-order valence-electron chi connectivity index (χ1n) is 7.28. The van der Waals surface area contributed by atoms with E-state index in [2.05, 4.69) is 5.32 Å². The maximum Gasteiger partial charge on any atom is 0.286 e. The molecule has 2 amide bonds. The minimum atomic E-state index is -0.307. The molecule has 0 atom stereocenters. The lowest BCUT2D eigenvalue weighted by Crippen LogP contribution is -2.31. The van der Waals surface area contributed by atoms with Crippen LogP contribution in [-0.4, -0.2) is 36.6 Å². The molecule has 2 rings (SSSR count).